The molecule has 0 bridgehead atoms. The van der Waals surface area contributed by atoms with Crippen molar-refractivity contribution in [3.8, 4) is 0 Å². The maximum Gasteiger partial charge on any atom is 0.233 e. The Bertz CT molecular complexity index is 232. The van der Waals surface area contributed by atoms with Gasteiger partial charge in [0.05, 0.1) is 6.61 Å². The molecule has 17 heavy (non-hydrogen) atoms. The molecule has 1 aliphatic carbocycles. The zero-order valence-electron chi connectivity index (χ0n) is 10.9. The minimum Gasteiger partial charge on any atom is -0.383 e. The normalized spacial score (nSPS) is 17.2. The minimum absolute atomic E-state index is 0.0873. The van der Waals surface area contributed by atoms with Gasteiger partial charge >= 0.3 is 0 Å². The minimum atomic E-state index is -0.0873. The molecule has 1 saturated carbocycles. The lowest BCUT2D eigenvalue weighted by Crippen LogP contribution is -2.38. The van der Waals surface area contributed by atoms with Gasteiger partial charge in [0.25, 0.3) is 0 Å². The molecule has 1 aliphatic rings. The van der Waals surface area contributed by atoms with Crippen LogP contribution in [0.3, 0.4) is 0 Å². The molecule has 0 aromatic rings. The maximum atomic E-state index is 11.0. The van der Waals surface area contributed by atoms with E-state index in [0.29, 0.717) is 12.5 Å². The number of nitrogens with zero attached hydrogens (tertiary/aromatic N) is 1. The second-order valence-corrected chi connectivity index (χ2v) is 4.78. The van der Waals surface area contributed by atoms with Crippen molar-refractivity contribution in [1.29, 1.82) is 0 Å². The monoisotopic (exact) mass is 243 g/mol. The van der Waals surface area contributed by atoms with E-state index < -0.39 is 0 Å². The average molecular weight is 243 g/mol. The number of nitrogens with two attached hydrogens (primary N) is 1. The third-order valence-corrected chi connectivity index (χ3v) is 3.47. The number of carbonyl (C=O) groups is 1. The molecule has 0 saturated heterocycles. The van der Waals surface area contributed by atoms with Gasteiger partial charge in [-0.2, -0.15) is 0 Å². The number of methoxy groups -OCH3 is 1. The topological polar surface area (TPSA) is 67.6 Å². The lowest BCUT2D eigenvalue weighted by atomic mass is 10.1. The van der Waals surface area contributed by atoms with E-state index in [0.717, 1.165) is 32.0 Å². The fourth-order valence-corrected chi connectivity index (χ4v) is 2.12. The zero-order valence-corrected chi connectivity index (χ0v) is 10.9. The number of nitrogens with one attached hydrogen (secondary N) is 1. The van der Waals surface area contributed by atoms with Crippen LogP contribution in [0.2, 0.25) is 0 Å². The summed E-state index contributed by atoms with van der Waals surface area (Å²) in [5, 5.41) is 0. The van der Waals surface area contributed by atoms with E-state index in [9.17, 15) is 4.79 Å². The van der Waals surface area contributed by atoms with Gasteiger partial charge in [0, 0.05) is 26.1 Å². The first-order chi connectivity index (χ1) is 8.19. The van der Waals surface area contributed by atoms with Crippen LogP contribution in [-0.4, -0.2) is 43.7 Å². The molecule has 0 aromatic heterocycles. The summed E-state index contributed by atoms with van der Waals surface area (Å²) < 4.78 is 5.13. The van der Waals surface area contributed by atoms with Gasteiger partial charge in [-0.15, -0.1) is 0 Å². The third kappa shape index (κ3) is 5.48. The maximum absolute atomic E-state index is 11.0. The molecular weight excluding hydrogens is 218 g/mol. The molecule has 0 radical (unpaired) electrons. The molecule has 1 unspecified atom stereocenters. The Morgan fingerprint density at radius 1 is 1.53 bits per heavy atom. The molecule has 3 N–H and O–H groups in total. The number of amides is 1. The summed E-state index contributed by atoms with van der Waals surface area (Å²) in [7, 11) is 1.72. The summed E-state index contributed by atoms with van der Waals surface area (Å²) in [6, 6.07) is 0.603. The van der Waals surface area contributed by atoms with Gasteiger partial charge < -0.3 is 4.74 Å². The van der Waals surface area contributed by atoms with E-state index in [2.05, 4.69) is 17.2 Å². The highest BCUT2D eigenvalue weighted by atomic mass is 16.5. The fraction of sp³-hybridized carbons (Fsp3) is 0.917. The predicted octanol–water partition coefficient (Wildman–Crippen LogP) is 0.503. The van der Waals surface area contributed by atoms with E-state index in [1.165, 1.54) is 12.8 Å². The van der Waals surface area contributed by atoms with Gasteiger partial charge in [-0.25, -0.2) is 5.84 Å². The zero-order chi connectivity index (χ0) is 12.7. The van der Waals surface area contributed by atoms with E-state index in [4.69, 9.17) is 10.6 Å². The second-order valence-electron chi connectivity index (χ2n) is 4.78. The molecule has 1 rings (SSSR count). The molecular formula is C12H25N3O2. The van der Waals surface area contributed by atoms with Crippen molar-refractivity contribution < 1.29 is 9.53 Å². The smallest absolute Gasteiger partial charge is 0.233 e. The van der Waals surface area contributed by atoms with Gasteiger partial charge in [-0.1, -0.05) is 0 Å². The number of hydrogen-bond acceptors (Lipinski definition) is 4. The third-order valence-electron chi connectivity index (χ3n) is 3.47. The van der Waals surface area contributed by atoms with Gasteiger partial charge in [0.15, 0.2) is 0 Å². The Kier molecular flexibility index (Phi) is 6.47. The number of hydrogen-bond donors (Lipinski definition) is 2. The van der Waals surface area contributed by atoms with Gasteiger partial charge in [0.2, 0.25) is 5.91 Å². The van der Waals surface area contributed by atoms with Crippen molar-refractivity contribution >= 4 is 5.91 Å². The predicted molar refractivity (Wildman–Crippen MR) is 67.2 cm³/mol. The Hall–Kier alpha value is -0.650. The Balaban J connectivity index is 2.26. The van der Waals surface area contributed by atoms with E-state index in [1.54, 1.807) is 7.11 Å². The number of rotatable bonds is 9. The Morgan fingerprint density at radius 3 is 2.76 bits per heavy atom. The van der Waals surface area contributed by atoms with Crippen molar-refractivity contribution in [2.45, 2.75) is 38.6 Å². The van der Waals surface area contributed by atoms with Crippen LogP contribution < -0.4 is 11.3 Å². The first-order valence-electron chi connectivity index (χ1n) is 6.41. The molecule has 0 aromatic carbocycles. The molecule has 5 nitrogen and oxygen atoms in total. The second kappa shape index (κ2) is 7.63. The number of hydrazine groups is 1. The lowest BCUT2D eigenvalue weighted by molar-refractivity contribution is -0.121. The van der Waals surface area contributed by atoms with Crippen LogP contribution in [0.1, 0.15) is 32.6 Å². The molecule has 1 amide bonds. The van der Waals surface area contributed by atoms with Gasteiger partial charge in [-0.05, 0) is 38.6 Å². The van der Waals surface area contributed by atoms with Crippen LogP contribution in [-0.2, 0) is 9.53 Å². The Morgan fingerprint density at radius 2 is 2.24 bits per heavy atom. The molecule has 0 aliphatic heterocycles. The van der Waals surface area contributed by atoms with Crippen LogP contribution in [0.5, 0.6) is 0 Å². The summed E-state index contributed by atoms with van der Waals surface area (Å²) in [5.41, 5.74) is 2.16. The summed E-state index contributed by atoms with van der Waals surface area (Å²) in [4.78, 5) is 13.5. The van der Waals surface area contributed by atoms with Gasteiger partial charge in [-0.3, -0.25) is 15.1 Å². The fourth-order valence-electron chi connectivity index (χ4n) is 2.12. The first kappa shape index (κ1) is 14.4. The average Bonchev–Trinajstić information content (AvgIpc) is 3.16. The standard InChI is InChI=1S/C12H25N3O2/c1-10(11-5-6-11)15(8-9-17-2)7-3-4-12(16)14-13/h10-11H,3-9,13H2,1-2H3,(H,14,16). The van der Waals surface area contributed by atoms with Crippen LogP contribution in [0, 0.1) is 5.92 Å². The number of carbonyl (C=O) groups excluding carboxylic acids is 1. The molecule has 100 valence electrons. The SMILES string of the molecule is COCCN(CCCC(=O)NN)C(C)C1CC1. The largest absolute Gasteiger partial charge is 0.383 e. The van der Waals surface area contributed by atoms with E-state index in [1.807, 2.05) is 0 Å². The van der Waals surface area contributed by atoms with Crippen LogP contribution >= 0.6 is 0 Å². The van der Waals surface area contributed by atoms with Crippen LogP contribution in [0.4, 0.5) is 0 Å². The van der Waals surface area contributed by atoms with E-state index in [-0.39, 0.29) is 5.91 Å². The van der Waals surface area contributed by atoms with Crippen LogP contribution in [0.25, 0.3) is 0 Å². The highest BCUT2D eigenvalue weighted by molar-refractivity contribution is 5.75. The van der Waals surface area contributed by atoms with Crippen molar-refractivity contribution in [2.75, 3.05) is 26.8 Å². The molecule has 0 heterocycles. The lowest BCUT2D eigenvalue weighted by Gasteiger charge is -2.28. The Labute approximate surface area is 104 Å². The first-order valence-corrected chi connectivity index (χ1v) is 6.41. The van der Waals surface area contributed by atoms with Crippen LogP contribution in [0.15, 0.2) is 0 Å². The summed E-state index contributed by atoms with van der Waals surface area (Å²) in [6.45, 7) is 4.91. The van der Waals surface area contributed by atoms with E-state index >= 15 is 0 Å². The quantitative estimate of drug-likeness (QED) is 0.352. The van der Waals surface area contributed by atoms with Crippen molar-refractivity contribution in [1.82, 2.24) is 10.3 Å². The van der Waals surface area contributed by atoms with Crippen molar-refractivity contribution in [3.05, 3.63) is 0 Å². The molecule has 5 heteroatoms. The highest BCUT2D eigenvalue weighted by Gasteiger charge is 2.31. The molecule has 0 spiro atoms. The summed E-state index contributed by atoms with van der Waals surface area (Å²) in [5.74, 6) is 5.81. The summed E-state index contributed by atoms with van der Waals surface area (Å²) in [6.07, 6.45) is 4.03. The molecule has 1 atom stereocenters. The van der Waals surface area contributed by atoms with Crippen molar-refractivity contribution in [3.63, 3.8) is 0 Å². The molecule has 1 fully saturated rings. The summed E-state index contributed by atoms with van der Waals surface area (Å²) >= 11 is 0. The number of ether oxygens (including phenoxy) is 1. The van der Waals surface area contributed by atoms with Crippen molar-refractivity contribution in [2.24, 2.45) is 11.8 Å². The van der Waals surface area contributed by atoms with Gasteiger partial charge in [0.1, 0.15) is 0 Å². The highest BCUT2D eigenvalue weighted by Crippen LogP contribution is 2.35.